The van der Waals surface area contributed by atoms with E-state index in [2.05, 4.69) is 4.98 Å². The lowest BCUT2D eigenvalue weighted by Gasteiger charge is -2.35. The highest BCUT2D eigenvalue weighted by molar-refractivity contribution is 7.11. The van der Waals surface area contributed by atoms with Crippen molar-refractivity contribution >= 4 is 28.8 Å². The third-order valence-electron chi connectivity index (χ3n) is 5.35. The number of amides is 2. The highest BCUT2D eigenvalue weighted by atomic mass is 32.1. The molecular weight excluding hydrogens is 374 g/mol. The van der Waals surface area contributed by atoms with E-state index in [0.717, 1.165) is 53.5 Å². The van der Waals surface area contributed by atoms with Crippen molar-refractivity contribution in [3.63, 3.8) is 0 Å². The maximum atomic E-state index is 12.8. The first-order valence-electron chi connectivity index (χ1n) is 9.78. The van der Waals surface area contributed by atoms with Crippen LogP contribution in [0.5, 0.6) is 5.75 Å². The lowest BCUT2D eigenvalue weighted by Crippen LogP contribution is -2.50. The number of aryl methyl sites for hydroxylation is 2. The predicted octanol–water partition coefficient (Wildman–Crippen LogP) is 3.55. The molecule has 0 N–H and O–H groups in total. The van der Waals surface area contributed by atoms with E-state index in [1.54, 1.807) is 23.2 Å². The first-order chi connectivity index (χ1) is 13.4. The molecule has 2 amide bonds. The Bertz CT molecular complexity index is 918. The molecule has 1 saturated heterocycles. The van der Waals surface area contributed by atoms with Crippen LogP contribution in [-0.2, 0) is 9.59 Å². The molecule has 1 aromatic heterocycles. The largest absolute Gasteiger partial charge is 0.479 e. The fourth-order valence-electron chi connectivity index (χ4n) is 3.89. The summed E-state index contributed by atoms with van der Waals surface area (Å²) in [5.74, 6) is 0.451. The molecule has 6 nitrogen and oxygen atoms in total. The van der Waals surface area contributed by atoms with Gasteiger partial charge in [-0.25, -0.2) is 4.98 Å². The molecule has 3 heterocycles. The number of carbonyl (C=O) groups excluding carboxylic acids is 2. The third-order valence-corrected chi connectivity index (χ3v) is 6.23. The highest BCUT2D eigenvalue weighted by Crippen LogP contribution is 2.38. The summed E-state index contributed by atoms with van der Waals surface area (Å²) < 4.78 is 5.79. The van der Waals surface area contributed by atoms with E-state index in [9.17, 15) is 9.59 Å². The Morgan fingerprint density at radius 3 is 2.68 bits per heavy atom. The molecule has 2 aromatic rings. The SMILES string of the molecule is Cc1nc(-c2ccc3c(c2)N(CC(=O)N2CCCCC2)C(=O)C(C)O3)c(C)s1. The second-order valence-corrected chi connectivity index (χ2v) is 8.85. The number of nitrogens with zero attached hydrogens (tertiary/aromatic N) is 3. The lowest BCUT2D eigenvalue weighted by molar-refractivity contribution is -0.133. The summed E-state index contributed by atoms with van der Waals surface area (Å²) in [6.07, 6.45) is 2.62. The maximum absolute atomic E-state index is 12.8. The molecule has 1 aromatic carbocycles. The normalized spacial score (nSPS) is 19.4. The Kier molecular flexibility index (Phi) is 5.10. The van der Waals surface area contributed by atoms with Gasteiger partial charge in [-0.2, -0.15) is 0 Å². The van der Waals surface area contributed by atoms with Gasteiger partial charge in [0, 0.05) is 23.5 Å². The number of carbonyl (C=O) groups is 2. The van der Waals surface area contributed by atoms with Crippen LogP contribution in [0.4, 0.5) is 5.69 Å². The molecule has 148 valence electrons. The van der Waals surface area contributed by atoms with Crippen LogP contribution in [0, 0.1) is 13.8 Å². The number of rotatable bonds is 3. The van der Waals surface area contributed by atoms with Gasteiger partial charge in [-0.15, -0.1) is 11.3 Å². The molecule has 1 unspecified atom stereocenters. The Morgan fingerprint density at radius 1 is 1.25 bits per heavy atom. The molecule has 7 heteroatoms. The van der Waals surface area contributed by atoms with Crippen molar-refractivity contribution in [3.8, 4) is 17.0 Å². The van der Waals surface area contributed by atoms with E-state index < -0.39 is 6.10 Å². The molecular formula is C21H25N3O3S. The first kappa shape index (κ1) is 18.9. The Balaban J connectivity index is 1.67. The van der Waals surface area contributed by atoms with E-state index in [-0.39, 0.29) is 18.4 Å². The van der Waals surface area contributed by atoms with E-state index in [1.807, 2.05) is 36.9 Å². The van der Waals surface area contributed by atoms with Crippen molar-refractivity contribution in [2.45, 2.75) is 46.1 Å². The molecule has 1 fully saturated rings. The quantitative estimate of drug-likeness (QED) is 0.792. The minimum atomic E-state index is -0.601. The number of hydrogen-bond donors (Lipinski definition) is 0. The van der Waals surface area contributed by atoms with E-state index in [0.29, 0.717) is 11.4 Å². The van der Waals surface area contributed by atoms with Crippen molar-refractivity contribution in [2.75, 3.05) is 24.5 Å². The van der Waals surface area contributed by atoms with Crippen LogP contribution < -0.4 is 9.64 Å². The van der Waals surface area contributed by atoms with Crippen LogP contribution in [0.25, 0.3) is 11.3 Å². The third kappa shape index (κ3) is 3.51. The summed E-state index contributed by atoms with van der Waals surface area (Å²) in [5.41, 5.74) is 2.50. The zero-order valence-corrected chi connectivity index (χ0v) is 17.3. The molecule has 0 spiro atoms. The van der Waals surface area contributed by atoms with Crippen LogP contribution in [0.3, 0.4) is 0 Å². The number of ether oxygens (including phenoxy) is 1. The van der Waals surface area contributed by atoms with Gasteiger partial charge in [0.2, 0.25) is 5.91 Å². The van der Waals surface area contributed by atoms with Gasteiger partial charge in [-0.1, -0.05) is 0 Å². The minimum Gasteiger partial charge on any atom is -0.479 e. The lowest BCUT2D eigenvalue weighted by atomic mass is 10.1. The van der Waals surface area contributed by atoms with Gasteiger partial charge in [0.15, 0.2) is 6.10 Å². The average molecular weight is 400 g/mol. The summed E-state index contributed by atoms with van der Waals surface area (Å²) in [6, 6.07) is 5.76. The molecule has 28 heavy (non-hydrogen) atoms. The standard InChI is InChI=1S/C21H25N3O3S/c1-13-21(26)24(12-19(25)23-9-5-4-6-10-23)17-11-16(7-8-18(17)27-13)20-14(2)28-15(3)22-20/h7-8,11,13H,4-6,9-10,12H2,1-3H3. The summed E-state index contributed by atoms with van der Waals surface area (Å²) >= 11 is 1.65. The molecule has 0 aliphatic carbocycles. The van der Waals surface area contributed by atoms with Crippen molar-refractivity contribution < 1.29 is 14.3 Å². The Labute approximate surface area is 169 Å². The van der Waals surface area contributed by atoms with Crippen LogP contribution in [0.15, 0.2) is 18.2 Å². The monoisotopic (exact) mass is 399 g/mol. The number of piperidine rings is 1. The van der Waals surface area contributed by atoms with Gasteiger partial charge in [0.1, 0.15) is 12.3 Å². The van der Waals surface area contributed by atoms with Crippen LogP contribution in [0.2, 0.25) is 0 Å². The molecule has 0 bridgehead atoms. The van der Waals surface area contributed by atoms with Crippen molar-refractivity contribution in [2.24, 2.45) is 0 Å². The van der Waals surface area contributed by atoms with Crippen molar-refractivity contribution in [3.05, 3.63) is 28.1 Å². The minimum absolute atomic E-state index is 0.000753. The number of anilines is 1. The van der Waals surface area contributed by atoms with Crippen LogP contribution in [-0.4, -0.2) is 47.4 Å². The smallest absolute Gasteiger partial charge is 0.268 e. The van der Waals surface area contributed by atoms with Gasteiger partial charge in [-0.05, 0) is 58.2 Å². The summed E-state index contributed by atoms with van der Waals surface area (Å²) in [6.45, 7) is 7.36. The number of thiazole rings is 1. The van der Waals surface area contributed by atoms with E-state index in [1.165, 1.54) is 0 Å². The molecule has 2 aliphatic rings. The topological polar surface area (TPSA) is 62.7 Å². The number of likely N-dealkylation sites (tertiary alicyclic amines) is 1. The summed E-state index contributed by atoms with van der Waals surface area (Å²) in [4.78, 5) is 34.9. The van der Waals surface area contributed by atoms with Gasteiger partial charge >= 0.3 is 0 Å². The fourth-order valence-corrected chi connectivity index (χ4v) is 4.73. The predicted molar refractivity (Wildman–Crippen MR) is 110 cm³/mol. The second-order valence-electron chi connectivity index (χ2n) is 7.45. The number of aromatic nitrogens is 1. The van der Waals surface area contributed by atoms with Gasteiger partial charge in [-0.3, -0.25) is 14.5 Å². The molecule has 0 radical (unpaired) electrons. The summed E-state index contributed by atoms with van der Waals surface area (Å²) in [5, 5.41) is 1.00. The highest BCUT2D eigenvalue weighted by Gasteiger charge is 2.34. The van der Waals surface area contributed by atoms with Gasteiger partial charge in [0.25, 0.3) is 5.91 Å². The number of hydrogen-bond acceptors (Lipinski definition) is 5. The van der Waals surface area contributed by atoms with Crippen molar-refractivity contribution in [1.29, 1.82) is 0 Å². The molecule has 0 saturated carbocycles. The molecule has 1 atom stereocenters. The zero-order valence-electron chi connectivity index (χ0n) is 16.5. The van der Waals surface area contributed by atoms with Crippen LogP contribution >= 0.6 is 11.3 Å². The molecule has 4 rings (SSSR count). The Hall–Kier alpha value is -2.41. The van der Waals surface area contributed by atoms with E-state index in [4.69, 9.17) is 4.74 Å². The van der Waals surface area contributed by atoms with Gasteiger partial charge in [0.05, 0.1) is 16.4 Å². The molecule has 2 aliphatic heterocycles. The Morgan fingerprint density at radius 2 is 2.00 bits per heavy atom. The maximum Gasteiger partial charge on any atom is 0.268 e. The number of benzene rings is 1. The second kappa shape index (κ2) is 7.54. The average Bonchev–Trinajstić information content (AvgIpc) is 3.03. The zero-order chi connectivity index (χ0) is 19.8. The van der Waals surface area contributed by atoms with Crippen LogP contribution in [0.1, 0.15) is 36.1 Å². The van der Waals surface area contributed by atoms with Crippen molar-refractivity contribution in [1.82, 2.24) is 9.88 Å². The fraction of sp³-hybridized carbons (Fsp3) is 0.476. The van der Waals surface area contributed by atoms with E-state index >= 15 is 0 Å². The first-order valence-corrected chi connectivity index (χ1v) is 10.6. The number of fused-ring (bicyclic) bond motifs is 1. The van der Waals surface area contributed by atoms with Gasteiger partial charge < -0.3 is 9.64 Å². The summed E-state index contributed by atoms with van der Waals surface area (Å²) in [7, 11) is 0.